The molecule has 230 valence electrons. The predicted octanol–water partition coefficient (Wildman–Crippen LogP) is 10.7. The molecule has 0 fully saturated rings. The second kappa shape index (κ2) is 14.7. The van der Waals surface area contributed by atoms with Crippen LogP contribution in [0.1, 0.15) is 11.1 Å². The van der Waals surface area contributed by atoms with Crippen molar-refractivity contribution in [1.29, 1.82) is 0 Å². The Bertz CT molecular complexity index is 1770. The molecule has 6 rings (SSSR count). The van der Waals surface area contributed by atoms with Crippen LogP contribution in [0.3, 0.4) is 0 Å². The molecule has 2 N–H and O–H groups in total. The zero-order chi connectivity index (χ0) is 31.9. The van der Waals surface area contributed by atoms with E-state index < -0.39 is 0 Å². The molecular formula is C40H34Cl2N2O2. The lowest BCUT2D eigenvalue weighted by molar-refractivity contribution is 0.299. The highest BCUT2D eigenvalue weighted by atomic mass is 35.5. The smallest absolute Gasteiger partial charge is 0.0652 e. The molecule has 0 amide bonds. The SMILES string of the molecule is OCCc1cccc(N(c2ccccc2)c2ccc(-c3ccc(N(c4ccccc4)c4cccc(CCO)c4)c(Cl)c3)cc2Cl)c1. The summed E-state index contributed by atoms with van der Waals surface area (Å²) in [6.45, 7) is 0.176. The van der Waals surface area contributed by atoms with E-state index in [4.69, 9.17) is 23.2 Å². The number of rotatable bonds is 11. The van der Waals surface area contributed by atoms with Crippen molar-refractivity contribution in [3.8, 4) is 11.1 Å². The van der Waals surface area contributed by atoms with Gasteiger partial charge in [0, 0.05) is 36.0 Å². The van der Waals surface area contributed by atoms with Gasteiger partial charge in [-0.05, 0) is 108 Å². The quantitative estimate of drug-likeness (QED) is 0.147. The molecule has 0 bridgehead atoms. The van der Waals surface area contributed by atoms with E-state index in [2.05, 4.69) is 70.5 Å². The van der Waals surface area contributed by atoms with E-state index in [-0.39, 0.29) is 13.2 Å². The van der Waals surface area contributed by atoms with Crippen molar-refractivity contribution in [2.45, 2.75) is 12.8 Å². The molecule has 0 spiro atoms. The molecule has 0 saturated carbocycles. The monoisotopic (exact) mass is 644 g/mol. The molecule has 4 nitrogen and oxygen atoms in total. The average Bonchev–Trinajstić information content (AvgIpc) is 3.08. The first kappa shape index (κ1) is 31.4. The molecule has 0 atom stereocenters. The molecule has 6 aromatic carbocycles. The van der Waals surface area contributed by atoms with Gasteiger partial charge in [0.25, 0.3) is 0 Å². The Morgan fingerprint density at radius 1 is 0.413 bits per heavy atom. The van der Waals surface area contributed by atoms with Gasteiger partial charge in [0.05, 0.1) is 21.4 Å². The maximum absolute atomic E-state index is 9.52. The third-order valence-electron chi connectivity index (χ3n) is 7.88. The van der Waals surface area contributed by atoms with E-state index in [0.29, 0.717) is 22.9 Å². The maximum Gasteiger partial charge on any atom is 0.0652 e. The van der Waals surface area contributed by atoms with Crippen LogP contribution < -0.4 is 9.80 Å². The molecule has 0 unspecified atom stereocenters. The fourth-order valence-corrected chi connectivity index (χ4v) is 6.23. The normalized spacial score (nSPS) is 11.0. The van der Waals surface area contributed by atoms with Gasteiger partial charge >= 0.3 is 0 Å². The van der Waals surface area contributed by atoms with Crippen LogP contribution in [0.4, 0.5) is 34.1 Å². The van der Waals surface area contributed by atoms with E-state index in [1.165, 1.54) is 0 Å². The number of anilines is 6. The van der Waals surface area contributed by atoms with E-state index in [9.17, 15) is 10.2 Å². The molecule has 6 heteroatoms. The van der Waals surface area contributed by atoms with Crippen molar-refractivity contribution in [3.63, 3.8) is 0 Å². The third kappa shape index (κ3) is 6.96. The van der Waals surface area contributed by atoms with Crippen molar-refractivity contribution in [3.05, 3.63) is 167 Å². The summed E-state index contributed by atoms with van der Waals surface area (Å²) in [6, 6.07) is 48.7. The van der Waals surface area contributed by atoms with Gasteiger partial charge < -0.3 is 20.0 Å². The van der Waals surface area contributed by atoms with Crippen LogP contribution in [-0.2, 0) is 12.8 Å². The van der Waals surface area contributed by atoms with Crippen LogP contribution in [0.5, 0.6) is 0 Å². The molecule has 0 radical (unpaired) electrons. The number of hydrogen-bond donors (Lipinski definition) is 2. The molecule has 0 aliphatic heterocycles. The number of hydrogen-bond acceptors (Lipinski definition) is 4. The summed E-state index contributed by atoms with van der Waals surface area (Å²) in [4.78, 5) is 4.26. The highest BCUT2D eigenvalue weighted by molar-refractivity contribution is 6.34. The first-order valence-corrected chi connectivity index (χ1v) is 16.0. The summed E-state index contributed by atoms with van der Waals surface area (Å²) >= 11 is 14.1. The summed E-state index contributed by atoms with van der Waals surface area (Å²) < 4.78 is 0. The summed E-state index contributed by atoms with van der Waals surface area (Å²) in [5, 5.41) is 20.2. The predicted molar refractivity (Wildman–Crippen MR) is 193 cm³/mol. The zero-order valence-corrected chi connectivity index (χ0v) is 26.7. The highest BCUT2D eigenvalue weighted by Gasteiger charge is 2.19. The van der Waals surface area contributed by atoms with Crippen LogP contribution in [0, 0.1) is 0 Å². The number of aliphatic hydroxyl groups is 2. The Balaban J connectivity index is 1.37. The topological polar surface area (TPSA) is 46.9 Å². The Labute approximate surface area is 280 Å². The number of nitrogens with zero attached hydrogens (tertiary/aromatic N) is 2. The summed E-state index contributed by atoms with van der Waals surface area (Å²) in [5.74, 6) is 0. The lowest BCUT2D eigenvalue weighted by Crippen LogP contribution is -2.11. The van der Waals surface area contributed by atoms with Crippen LogP contribution in [-0.4, -0.2) is 23.4 Å². The van der Waals surface area contributed by atoms with Crippen molar-refractivity contribution >= 4 is 57.3 Å². The molecule has 0 heterocycles. The van der Waals surface area contributed by atoms with Gasteiger partial charge in [0.15, 0.2) is 0 Å². The zero-order valence-electron chi connectivity index (χ0n) is 25.2. The molecule has 46 heavy (non-hydrogen) atoms. The number of benzene rings is 6. The van der Waals surface area contributed by atoms with Gasteiger partial charge in [0.1, 0.15) is 0 Å². The second-order valence-electron chi connectivity index (χ2n) is 11.0. The Hall–Kier alpha value is -4.58. The van der Waals surface area contributed by atoms with E-state index in [0.717, 1.165) is 56.4 Å². The first-order chi connectivity index (χ1) is 22.6. The minimum absolute atomic E-state index is 0.0881. The van der Waals surface area contributed by atoms with E-state index in [1.807, 2.05) is 84.9 Å². The Morgan fingerprint density at radius 2 is 0.804 bits per heavy atom. The van der Waals surface area contributed by atoms with Crippen molar-refractivity contribution in [2.75, 3.05) is 23.0 Å². The summed E-state index contributed by atoms with van der Waals surface area (Å²) in [7, 11) is 0. The fourth-order valence-electron chi connectivity index (χ4n) is 5.70. The Morgan fingerprint density at radius 3 is 1.17 bits per heavy atom. The van der Waals surface area contributed by atoms with Gasteiger partial charge in [-0.3, -0.25) is 0 Å². The first-order valence-electron chi connectivity index (χ1n) is 15.2. The lowest BCUT2D eigenvalue weighted by atomic mass is 10.0. The molecule has 0 aromatic heterocycles. The number of para-hydroxylation sites is 2. The van der Waals surface area contributed by atoms with Crippen LogP contribution in [0.15, 0.2) is 146 Å². The second-order valence-corrected chi connectivity index (χ2v) is 11.8. The molecule has 0 aliphatic rings. The number of aliphatic hydroxyl groups excluding tert-OH is 2. The van der Waals surface area contributed by atoms with Crippen molar-refractivity contribution in [1.82, 2.24) is 0 Å². The van der Waals surface area contributed by atoms with Gasteiger partial charge in [-0.1, -0.05) is 96.0 Å². The van der Waals surface area contributed by atoms with Gasteiger partial charge in [-0.15, -0.1) is 0 Å². The standard InChI is InChI=1S/C40H34Cl2N2O2/c41-37-27-31(17-19-39(37)43(33-11-3-1-4-12-33)35-15-7-9-29(25-35)21-23-45)32-18-20-40(38(42)28-32)44(34-13-5-2-6-14-34)36-16-8-10-30(26-36)22-24-46/h1-20,25-28,45-46H,21-24H2. The minimum atomic E-state index is 0.0881. The largest absolute Gasteiger partial charge is 0.396 e. The lowest BCUT2D eigenvalue weighted by Gasteiger charge is -2.28. The maximum atomic E-state index is 9.52. The molecule has 0 aliphatic carbocycles. The van der Waals surface area contributed by atoms with Crippen LogP contribution in [0.25, 0.3) is 11.1 Å². The fraction of sp³-hybridized carbons (Fsp3) is 0.100. The Kier molecular flexibility index (Phi) is 10.0. The van der Waals surface area contributed by atoms with E-state index in [1.54, 1.807) is 0 Å². The van der Waals surface area contributed by atoms with Crippen molar-refractivity contribution < 1.29 is 10.2 Å². The molecule has 6 aromatic rings. The van der Waals surface area contributed by atoms with Gasteiger partial charge in [0.2, 0.25) is 0 Å². The average molecular weight is 646 g/mol. The van der Waals surface area contributed by atoms with Crippen LogP contribution >= 0.6 is 23.2 Å². The summed E-state index contributed by atoms with van der Waals surface area (Å²) in [5.41, 5.74) is 9.56. The number of halogens is 2. The van der Waals surface area contributed by atoms with Crippen LogP contribution in [0.2, 0.25) is 10.0 Å². The van der Waals surface area contributed by atoms with Gasteiger partial charge in [-0.25, -0.2) is 0 Å². The third-order valence-corrected chi connectivity index (χ3v) is 8.48. The minimum Gasteiger partial charge on any atom is -0.396 e. The molecule has 0 saturated heterocycles. The summed E-state index contributed by atoms with van der Waals surface area (Å²) in [6.07, 6.45) is 1.16. The highest BCUT2D eigenvalue weighted by Crippen LogP contribution is 2.43. The van der Waals surface area contributed by atoms with E-state index >= 15 is 0 Å². The van der Waals surface area contributed by atoms with Gasteiger partial charge in [-0.2, -0.15) is 0 Å². The van der Waals surface area contributed by atoms with Crippen molar-refractivity contribution in [2.24, 2.45) is 0 Å². The molecular weight excluding hydrogens is 611 g/mol.